The Morgan fingerprint density at radius 1 is 1.23 bits per heavy atom. The standard InChI is InChI=1S/C23H29N5O3/c1-15-8-4-5-9-16(15)13-24-20(29)18-12-19-21(30)27(3)23(2,14-28(19)26-18)22(31)25-17-10-6-7-11-17/h4-5,8-9,12,17H,6-7,10-11,13-14H2,1-3H3,(H,24,29)(H,25,31). The first-order valence-corrected chi connectivity index (χ1v) is 10.8. The van der Waals surface area contributed by atoms with Crippen molar-refractivity contribution in [3.63, 3.8) is 0 Å². The van der Waals surface area contributed by atoms with Crippen LogP contribution < -0.4 is 10.6 Å². The van der Waals surface area contributed by atoms with E-state index in [1.165, 1.54) is 15.6 Å². The van der Waals surface area contributed by atoms with E-state index >= 15 is 0 Å². The number of hydrogen-bond donors (Lipinski definition) is 2. The van der Waals surface area contributed by atoms with Crippen molar-refractivity contribution >= 4 is 17.7 Å². The Hall–Kier alpha value is -3.16. The van der Waals surface area contributed by atoms with Crippen LogP contribution in [0.2, 0.25) is 0 Å². The fraction of sp³-hybridized carbons (Fsp3) is 0.478. The van der Waals surface area contributed by atoms with Crippen molar-refractivity contribution in [3.8, 4) is 0 Å². The number of fused-ring (bicyclic) bond motifs is 1. The highest BCUT2D eigenvalue weighted by Crippen LogP contribution is 2.27. The maximum Gasteiger partial charge on any atom is 0.272 e. The number of carbonyl (C=O) groups is 3. The van der Waals surface area contributed by atoms with Crippen LogP contribution in [0.4, 0.5) is 0 Å². The summed E-state index contributed by atoms with van der Waals surface area (Å²) in [5.41, 5.74) is 1.54. The minimum atomic E-state index is -1.06. The van der Waals surface area contributed by atoms with Gasteiger partial charge in [0.1, 0.15) is 11.2 Å². The third-order valence-corrected chi connectivity index (χ3v) is 6.61. The van der Waals surface area contributed by atoms with Crippen molar-refractivity contribution in [3.05, 3.63) is 52.8 Å². The molecule has 2 aliphatic rings. The molecule has 1 saturated carbocycles. The first-order valence-electron chi connectivity index (χ1n) is 10.8. The van der Waals surface area contributed by atoms with Crippen LogP contribution in [-0.4, -0.2) is 51.0 Å². The van der Waals surface area contributed by atoms with E-state index in [0.29, 0.717) is 12.2 Å². The number of aryl methyl sites for hydroxylation is 1. The highest BCUT2D eigenvalue weighted by molar-refractivity contribution is 6.01. The van der Waals surface area contributed by atoms with Crippen molar-refractivity contribution in [2.24, 2.45) is 0 Å². The average Bonchev–Trinajstić information content (AvgIpc) is 3.41. The molecule has 2 aromatic rings. The van der Waals surface area contributed by atoms with Gasteiger partial charge in [-0.25, -0.2) is 0 Å². The number of hydrogen-bond acceptors (Lipinski definition) is 4. The zero-order chi connectivity index (χ0) is 22.2. The Morgan fingerprint density at radius 2 is 1.94 bits per heavy atom. The van der Waals surface area contributed by atoms with Gasteiger partial charge in [-0.15, -0.1) is 0 Å². The Kier molecular flexibility index (Phi) is 5.56. The molecule has 0 spiro atoms. The highest BCUT2D eigenvalue weighted by atomic mass is 16.2. The molecule has 1 aromatic carbocycles. The fourth-order valence-electron chi connectivity index (χ4n) is 4.32. The second-order valence-corrected chi connectivity index (χ2v) is 8.77. The Balaban J connectivity index is 1.50. The normalized spacial score (nSPS) is 21.1. The van der Waals surface area contributed by atoms with E-state index in [1.807, 2.05) is 31.2 Å². The number of nitrogens with one attached hydrogen (secondary N) is 2. The molecule has 164 valence electrons. The predicted molar refractivity (Wildman–Crippen MR) is 115 cm³/mol. The molecule has 3 amide bonds. The van der Waals surface area contributed by atoms with Crippen molar-refractivity contribution < 1.29 is 14.4 Å². The van der Waals surface area contributed by atoms with Crippen LogP contribution in [0.1, 0.15) is 64.7 Å². The van der Waals surface area contributed by atoms with E-state index in [1.54, 1.807) is 14.0 Å². The lowest BCUT2D eigenvalue weighted by Crippen LogP contribution is -2.63. The third-order valence-electron chi connectivity index (χ3n) is 6.61. The van der Waals surface area contributed by atoms with E-state index in [0.717, 1.165) is 36.8 Å². The van der Waals surface area contributed by atoms with Crippen LogP contribution >= 0.6 is 0 Å². The van der Waals surface area contributed by atoms with Gasteiger partial charge in [-0.05, 0) is 37.8 Å². The van der Waals surface area contributed by atoms with E-state index in [9.17, 15) is 14.4 Å². The number of carbonyl (C=O) groups excluding carboxylic acids is 3. The van der Waals surface area contributed by atoms with Gasteiger partial charge in [0.25, 0.3) is 11.8 Å². The lowest BCUT2D eigenvalue weighted by atomic mass is 9.95. The number of benzene rings is 1. The van der Waals surface area contributed by atoms with Gasteiger partial charge in [0.15, 0.2) is 5.69 Å². The first kappa shape index (κ1) is 21.1. The van der Waals surface area contributed by atoms with Gasteiger partial charge in [0, 0.05) is 25.7 Å². The van der Waals surface area contributed by atoms with Crippen molar-refractivity contribution in [2.45, 2.75) is 64.2 Å². The van der Waals surface area contributed by atoms with Gasteiger partial charge in [-0.1, -0.05) is 37.1 Å². The molecule has 8 heteroatoms. The minimum Gasteiger partial charge on any atom is -0.351 e. The van der Waals surface area contributed by atoms with Crippen molar-refractivity contribution in [1.82, 2.24) is 25.3 Å². The van der Waals surface area contributed by atoms with E-state index < -0.39 is 5.54 Å². The summed E-state index contributed by atoms with van der Waals surface area (Å²) in [6.07, 6.45) is 4.16. The molecule has 1 atom stereocenters. The van der Waals surface area contributed by atoms with Gasteiger partial charge in [-0.2, -0.15) is 5.10 Å². The molecular weight excluding hydrogens is 394 g/mol. The summed E-state index contributed by atoms with van der Waals surface area (Å²) in [4.78, 5) is 40.2. The SMILES string of the molecule is Cc1ccccc1CNC(=O)c1cc2n(n1)CC(C)(C(=O)NC1CCCC1)N(C)C2=O. The molecule has 2 heterocycles. The lowest BCUT2D eigenvalue weighted by Gasteiger charge is -2.41. The molecule has 1 aliphatic heterocycles. The van der Waals surface area contributed by atoms with Crippen LogP contribution in [0, 0.1) is 6.92 Å². The molecule has 1 fully saturated rings. The topological polar surface area (TPSA) is 96.3 Å². The van der Waals surface area contributed by atoms with Gasteiger partial charge in [-0.3, -0.25) is 19.1 Å². The van der Waals surface area contributed by atoms with Gasteiger partial charge >= 0.3 is 0 Å². The Bertz CT molecular complexity index is 1020. The molecule has 8 nitrogen and oxygen atoms in total. The van der Waals surface area contributed by atoms with Gasteiger partial charge < -0.3 is 15.5 Å². The Labute approximate surface area is 182 Å². The van der Waals surface area contributed by atoms with E-state index in [-0.39, 0.29) is 36.0 Å². The van der Waals surface area contributed by atoms with Crippen LogP contribution in [0.3, 0.4) is 0 Å². The van der Waals surface area contributed by atoms with Crippen LogP contribution in [-0.2, 0) is 17.9 Å². The summed E-state index contributed by atoms with van der Waals surface area (Å²) in [6.45, 7) is 4.32. The van der Waals surface area contributed by atoms with Crippen LogP contribution in [0.5, 0.6) is 0 Å². The molecule has 4 rings (SSSR count). The van der Waals surface area contributed by atoms with Crippen LogP contribution in [0.25, 0.3) is 0 Å². The zero-order valence-corrected chi connectivity index (χ0v) is 18.3. The van der Waals surface area contributed by atoms with Crippen LogP contribution in [0.15, 0.2) is 30.3 Å². The molecule has 0 radical (unpaired) electrons. The Morgan fingerprint density at radius 3 is 2.65 bits per heavy atom. The first-order chi connectivity index (χ1) is 14.8. The predicted octanol–water partition coefficient (Wildman–Crippen LogP) is 2.02. The smallest absolute Gasteiger partial charge is 0.272 e. The summed E-state index contributed by atoms with van der Waals surface area (Å²) in [5.74, 6) is -0.847. The second-order valence-electron chi connectivity index (χ2n) is 8.77. The van der Waals surface area contributed by atoms with Gasteiger partial charge in [0.05, 0.1) is 6.54 Å². The summed E-state index contributed by atoms with van der Waals surface area (Å²) in [6, 6.07) is 9.49. The molecule has 31 heavy (non-hydrogen) atoms. The highest BCUT2D eigenvalue weighted by Gasteiger charge is 2.46. The maximum atomic E-state index is 13.0. The largest absolute Gasteiger partial charge is 0.351 e. The number of rotatable bonds is 5. The molecule has 0 bridgehead atoms. The molecular formula is C23H29N5O3. The van der Waals surface area contributed by atoms with E-state index in [2.05, 4.69) is 15.7 Å². The summed E-state index contributed by atoms with van der Waals surface area (Å²) < 4.78 is 1.49. The lowest BCUT2D eigenvalue weighted by molar-refractivity contribution is -0.133. The number of amides is 3. The van der Waals surface area contributed by atoms with E-state index in [4.69, 9.17) is 0 Å². The molecule has 1 aliphatic carbocycles. The third kappa shape index (κ3) is 3.94. The second kappa shape index (κ2) is 8.17. The summed E-state index contributed by atoms with van der Waals surface area (Å²) in [5, 5.41) is 10.3. The fourth-order valence-corrected chi connectivity index (χ4v) is 4.32. The van der Waals surface area contributed by atoms with Crippen molar-refractivity contribution in [1.29, 1.82) is 0 Å². The number of aromatic nitrogens is 2. The summed E-state index contributed by atoms with van der Waals surface area (Å²) >= 11 is 0. The molecule has 0 saturated heterocycles. The quantitative estimate of drug-likeness (QED) is 0.769. The molecule has 2 N–H and O–H groups in total. The summed E-state index contributed by atoms with van der Waals surface area (Å²) in [7, 11) is 1.63. The maximum absolute atomic E-state index is 13.0. The molecule has 1 unspecified atom stereocenters. The number of nitrogens with zero attached hydrogens (tertiary/aromatic N) is 3. The minimum absolute atomic E-state index is 0.162. The zero-order valence-electron chi connectivity index (χ0n) is 18.3. The monoisotopic (exact) mass is 423 g/mol. The molecule has 1 aromatic heterocycles. The van der Waals surface area contributed by atoms with Gasteiger partial charge in [0.2, 0.25) is 5.91 Å². The number of likely N-dealkylation sites (N-methyl/N-ethyl adjacent to an activating group) is 1. The average molecular weight is 424 g/mol. The van der Waals surface area contributed by atoms with Crippen molar-refractivity contribution in [2.75, 3.05) is 7.05 Å².